The van der Waals surface area contributed by atoms with Crippen LogP contribution >= 0.6 is 0 Å². The molecule has 0 aliphatic heterocycles. The van der Waals surface area contributed by atoms with Crippen LogP contribution in [0.2, 0.25) is 0 Å². The van der Waals surface area contributed by atoms with Gasteiger partial charge in [0.15, 0.2) is 0 Å². The smallest absolute Gasteiger partial charge is 0.387 e. The largest absolute Gasteiger partial charge is 0.435 e. The maximum atomic E-state index is 12.0. The third-order valence-electron chi connectivity index (χ3n) is 3.17. The second kappa shape index (κ2) is 9.15. The van der Waals surface area contributed by atoms with Gasteiger partial charge in [0.05, 0.1) is 0 Å². The monoisotopic (exact) mass is 300 g/mol. The van der Waals surface area contributed by atoms with Gasteiger partial charge in [0.25, 0.3) is 0 Å². The number of alkyl halides is 2. The van der Waals surface area contributed by atoms with Crippen LogP contribution in [0, 0.1) is 0 Å². The van der Waals surface area contributed by atoms with Crippen molar-refractivity contribution in [3.05, 3.63) is 29.8 Å². The van der Waals surface area contributed by atoms with Gasteiger partial charge < -0.3 is 15.4 Å². The van der Waals surface area contributed by atoms with E-state index in [1.165, 1.54) is 12.1 Å². The van der Waals surface area contributed by atoms with Gasteiger partial charge in [-0.1, -0.05) is 26.0 Å². The number of carbonyl (C=O) groups excluding carboxylic acids is 1. The van der Waals surface area contributed by atoms with Crippen LogP contribution in [-0.4, -0.2) is 25.2 Å². The van der Waals surface area contributed by atoms with Crippen molar-refractivity contribution >= 4 is 6.03 Å². The van der Waals surface area contributed by atoms with Crippen molar-refractivity contribution < 1.29 is 18.3 Å². The molecule has 0 radical (unpaired) electrons. The summed E-state index contributed by atoms with van der Waals surface area (Å²) in [7, 11) is 0. The van der Waals surface area contributed by atoms with Gasteiger partial charge in [0, 0.05) is 12.6 Å². The summed E-state index contributed by atoms with van der Waals surface area (Å²) in [6, 6.07) is 6.41. The first kappa shape index (κ1) is 17.2. The van der Waals surface area contributed by atoms with Gasteiger partial charge in [0.2, 0.25) is 0 Å². The lowest BCUT2D eigenvalue weighted by atomic mass is 10.1. The van der Waals surface area contributed by atoms with Crippen molar-refractivity contribution in [1.82, 2.24) is 10.6 Å². The van der Waals surface area contributed by atoms with Crippen molar-refractivity contribution in [1.29, 1.82) is 0 Å². The third-order valence-corrected chi connectivity index (χ3v) is 3.17. The molecule has 4 nitrogen and oxygen atoms in total. The second-order valence-corrected chi connectivity index (χ2v) is 4.69. The molecular weight excluding hydrogens is 278 g/mol. The first-order valence-corrected chi connectivity index (χ1v) is 7.13. The fourth-order valence-electron chi connectivity index (χ4n) is 1.89. The molecule has 1 aromatic carbocycles. The average Bonchev–Trinajstić information content (AvgIpc) is 2.46. The normalized spacial score (nSPS) is 10.8. The van der Waals surface area contributed by atoms with Gasteiger partial charge in [-0.3, -0.25) is 0 Å². The lowest BCUT2D eigenvalue weighted by Crippen LogP contribution is -2.42. The van der Waals surface area contributed by atoms with E-state index in [1.807, 2.05) is 13.8 Å². The molecule has 0 aliphatic carbocycles. The molecule has 0 unspecified atom stereocenters. The molecule has 2 N–H and O–H groups in total. The first-order chi connectivity index (χ1) is 10.0. The molecule has 118 valence electrons. The highest BCUT2D eigenvalue weighted by Crippen LogP contribution is 2.14. The highest BCUT2D eigenvalue weighted by atomic mass is 19.3. The standard InChI is InChI=1S/C15H22F2N2O2/c1-3-12(4-2)19-15(20)18-10-9-11-5-7-13(8-6-11)21-14(16)17/h5-8,12,14H,3-4,9-10H2,1-2H3,(H2,18,19,20). The SMILES string of the molecule is CCC(CC)NC(=O)NCCc1ccc(OC(F)F)cc1. The van der Waals surface area contributed by atoms with Crippen LogP contribution in [0.15, 0.2) is 24.3 Å². The molecule has 21 heavy (non-hydrogen) atoms. The fourth-order valence-corrected chi connectivity index (χ4v) is 1.89. The van der Waals surface area contributed by atoms with Crippen molar-refractivity contribution in [3.63, 3.8) is 0 Å². The van der Waals surface area contributed by atoms with E-state index in [2.05, 4.69) is 15.4 Å². The van der Waals surface area contributed by atoms with E-state index in [9.17, 15) is 13.6 Å². The number of halogens is 2. The number of urea groups is 1. The number of carbonyl (C=O) groups is 1. The topological polar surface area (TPSA) is 50.4 Å². The maximum Gasteiger partial charge on any atom is 0.387 e. The molecule has 0 fully saturated rings. The Kier molecular flexibility index (Phi) is 7.50. The highest BCUT2D eigenvalue weighted by Gasteiger charge is 2.07. The molecule has 0 saturated carbocycles. The van der Waals surface area contributed by atoms with Crippen LogP contribution in [0.1, 0.15) is 32.3 Å². The van der Waals surface area contributed by atoms with Gasteiger partial charge in [-0.15, -0.1) is 0 Å². The zero-order chi connectivity index (χ0) is 15.7. The molecule has 0 bridgehead atoms. The van der Waals surface area contributed by atoms with Crippen molar-refractivity contribution in [2.75, 3.05) is 6.54 Å². The second-order valence-electron chi connectivity index (χ2n) is 4.69. The summed E-state index contributed by atoms with van der Waals surface area (Å²) in [5.41, 5.74) is 0.944. The Morgan fingerprint density at radius 3 is 2.33 bits per heavy atom. The Bertz CT molecular complexity index is 420. The number of nitrogens with one attached hydrogen (secondary N) is 2. The van der Waals surface area contributed by atoms with E-state index >= 15 is 0 Å². The fraction of sp³-hybridized carbons (Fsp3) is 0.533. The minimum absolute atomic E-state index is 0.133. The molecule has 0 aromatic heterocycles. The summed E-state index contributed by atoms with van der Waals surface area (Å²) in [6.07, 6.45) is 2.43. The summed E-state index contributed by atoms with van der Waals surface area (Å²) in [6.45, 7) is 1.72. The number of amides is 2. The molecule has 0 aliphatic rings. The number of benzene rings is 1. The van der Waals surface area contributed by atoms with Crippen LogP contribution in [0.25, 0.3) is 0 Å². The van der Waals surface area contributed by atoms with Crippen molar-refractivity contribution in [2.24, 2.45) is 0 Å². The molecule has 2 amide bonds. The Morgan fingerprint density at radius 2 is 1.81 bits per heavy atom. The van der Waals surface area contributed by atoms with Crippen molar-refractivity contribution in [2.45, 2.75) is 45.8 Å². The Balaban J connectivity index is 2.30. The van der Waals surface area contributed by atoms with Crippen LogP contribution < -0.4 is 15.4 Å². The average molecular weight is 300 g/mol. The van der Waals surface area contributed by atoms with E-state index in [0.717, 1.165) is 18.4 Å². The van der Waals surface area contributed by atoms with Crippen LogP contribution in [0.3, 0.4) is 0 Å². The van der Waals surface area contributed by atoms with Gasteiger partial charge >= 0.3 is 12.6 Å². The van der Waals surface area contributed by atoms with Gasteiger partial charge in [-0.05, 0) is 37.0 Å². The minimum atomic E-state index is -2.81. The van der Waals surface area contributed by atoms with Crippen LogP contribution in [-0.2, 0) is 6.42 Å². The molecule has 0 atom stereocenters. The van der Waals surface area contributed by atoms with E-state index in [4.69, 9.17) is 0 Å². The highest BCUT2D eigenvalue weighted by molar-refractivity contribution is 5.74. The summed E-state index contributed by atoms with van der Waals surface area (Å²) in [5.74, 6) is 0.133. The predicted octanol–water partition coefficient (Wildman–Crippen LogP) is 3.32. The first-order valence-electron chi connectivity index (χ1n) is 7.13. The van der Waals surface area contributed by atoms with Crippen molar-refractivity contribution in [3.8, 4) is 5.75 Å². The summed E-state index contributed by atoms with van der Waals surface area (Å²) >= 11 is 0. The Hall–Kier alpha value is -1.85. The van der Waals surface area contributed by atoms with Gasteiger partial charge in [0.1, 0.15) is 5.75 Å². The van der Waals surface area contributed by atoms with E-state index in [-0.39, 0.29) is 17.8 Å². The summed E-state index contributed by atoms with van der Waals surface area (Å²) in [5, 5.41) is 5.66. The van der Waals surface area contributed by atoms with E-state index in [1.54, 1.807) is 12.1 Å². The van der Waals surface area contributed by atoms with E-state index in [0.29, 0.717) is 13.0 Å². The molecule has 6 heteroatoms. The minimum Gasteiger partial charge on any atom is -0.435 e. The van der Waals surface area contributed by atoms with Crippen LogP contribution in [0.5, 0.6) is 5.75 Å². The zero-order valence-electron chi connectivity index (χ0n) is 12.4. The number of rotatable bonds is 8. The molecule has 0 spiro atoms. The quantitative estimate of drug-likeness (QED) is 0.774. The molecular formula is C15H22F2N2O2. The molecule has 1 rings (SSSR count). The number of hydrogen-bond acceptors (Lipinski definition) is 2. The third kappa shape index (κ3) is 6.92. The summed E-state index contributed by atoms with van der Waals surface area (Å²) in [4.78, 5) is 11.6. The lowest BCUT2D eigenvalue weighted by molar-refractivity contribution is -0.0498. The predicted molar refractivity (Wildman–Crippen MR) is 77.7 cm³/mol. The van der Waals surface area contributed by atoms with Crippen LogP contribution in [0.4, 0.5) is 13.6 Å². The summed E-state index contributed by atoms with van der Waals surface area (Å²) < 4.78 is 28.3. The van der Waals surface area contributed by atoms with Gasteiger partial charge in [-0.2, -0.15) is 8.78 Å². The Labute approximate surface area is 123 Å². The lowest BCUT2D eigenvalue weighted by Gasteiger charge is -2.15. The Morgan fingerprint density at radius 1 is 1.19 bits per heavy atom. The molecule has 0 saturated heterocycles. The molecule has 1 aromatic rings. The number of hydrogen-bond donors (Lipinski definition) is 2. The van der Waals surface area contributed by atoms with Gasteiger partial charge in [-0.25, -0.2) is 4.79 Å². The van der Waals surface area contributed by atoms with E-state index < -0.39 is 6.61 Å². The molecule has 0 heterocycles. The number of ether oxygens (including phenoxy) is 1. The zero-order valence-corrected chi connectivity index (χ0v) is 12.4. The maximum absolute atomic E-state index is 12.0.